The standard InChI is InChI=1S/C28H36N2O5/c1-2-3-17-33-24-10-12-25(13-11-24)35-28(32)21-7-4-20(5-8-21)6-15-27(31)34-18-16-22-19-23(29)9-14-26(22)30/h4-9,14-15,19,24-25H,2-3,10-13,16-18,29-30H2,1H3. The van der Waals surface area contributed by atoms with Gasteiger partial charge >= 0.3 is 11.9 Å². The maximum absolute atomic E-state index is 12.5. The summed E-state index contributed by atoms with van der Waals surface area (Å²) in [6, 6.07) is 12.2. The van der Waals surface area contributed by atoms with Gasteiger partial charge in [-0.05, 0) is 79.6 Å². The number of nitrogens with two attached hydrogens (primary N) is 2. The molecule has 0 atom stereocenters. The minimum Gasteiger partial charge on any atom is -0.462 e. The smallest absolute Gasteiger partial charge is 0.338 e. The second-order valence-electron chi connectivity index (χ2n) is 8.86. The summed E-state index contributed by atoms with van der Waals surface area (Å²) in [7, 11) is 0. The molecule has 7 nitrogen and oxygen atoms in total. The highest BCUT2D eigenvalue weighted by Gasteiger charge is 2.24. The highest BCUT2D eigenvalue weighted by Crippen LogP contribution is 2.24. The third-order valence-electron chi connectivity index (χ3n) is 6.09. The average Bonchev–Trinajstić information content (AvgIpc) is 2.86. The van der Waals surface area contributed by atoms with Crippen LogP contribution in [-0.2, 0) is 25.4 Å². The zero-order chi connectivity index (χ0) is 25.0. The minimum atomic E-state index is -0.453. The van der Waals surface area contributed by atoms with E-state index in [1.165, 1.54) is 6.08 Å². The van der Waals surface area contributed by atoms with Gasteiger partial charge in [0.25, 0.3) is 0 Å². The van der Waals surface area contributed by atoms with Crippen LogP contribution in [0.5, 0.6) is 0 Å². The first-order chi connectivity index (χ1) is 16.9. The number of carbonyl (C=O) groups excluding carboxylic acids is 2. The number of nitrogen functional groups attached to an aromatic ring is 2. The van der Waals surface area contributed by atoms with Crippen molar-refractivity contribution < 1.29 is 23.8 Å². The second-order valence-corrected chi connectivity index (χ2v) is 8.86. The Balaban J connectivity index is 1.39. The Morgan fingerprint density at radius 3 is 2.40 bits per heavy atom. The summed E-state index contributed by atoms with van der Waals surface area (Å²) in [5.74, 6) is -0.777. The van der Waals surface area contributed by atoms with E-state index in [-0.39, 0.29) is 24.8 Å². The van der Waals surface area contributed by atoms with Crippen LogP contribution >= 0.6 is 0 Å². The van der Waals surface area contributed by atoms with Crippen molar-refractivity contribution in [2.24, 2.45) is 0 Å². The lowest BCUT2D eigenvalue weighted by Crippen LogP contribution is -2.28. The molecule has 35 heavy (non-hydrogen) atoms. The van der Waals surface area contributed by atoms with Gasteiger partial charge in [-0.3, -0.25) is 0 Å². The SMILES string of the molecule is CCCCOC1CCC(OC(=O)c2ccc(C=CC(=O)OCCc3cc(N)ccc3N)cc2)CC1. The summed E-state index contributed by atoms with van der Waals surface area (Å²) in [6.45, 7) is 3.16. The van der Waals surface area contributed by atoms with Gasteiger partial charge in [-0.25, -0.2) is 9.59 Å². The number of ether oxygens (including phenoxy) is 3. The lowest BCUT2D eigenvalue weighted by Gasteiger charge is -2.28. The van der Waals surface area contributed by atoms with Gasteiger partial charge in [-0.15, -0.1) is 0 Å². The summed E-state index contributed by atoms with van der Waals surface area (Å²) in [6.07, 6.45) is 9.43. The molecule has 188 valence electrons. The van der Waals surface area contributed by atoms with Crippen molar-refractivity contribution in [3.63, 3.8) is 0 Å². The van der Waals surface area contributed by atoms with Crippen molar-refractivity contribution in [3.8, 4) is 0 Å². The van der Waals surface area contributed by atoms with Gasteiger partial charge in [0, 0.05) is 30.5 Å². The zero-order valence-corrected chi connectivity index (χ0v) is 20.4. The van der Waals surface area contributed by atoms with Crippen LogP contribution in [-0.4, -0.2) is 37.4 Å². The summed E-state index contributed by atoms with van der Waals surface area (Å²) in [5, 5.41) is 0. The fourth-order valence-corrected chi connectivity index (χ4v) is 3.98. The predicted molar refractivity (Wildman–Crippen MR) is 138 cm³/mol. The Hall–Kier alpha value is -3.32. The van der Waals surface area contributed by atoms with Gasteiger partial charge in [-0.1, -0.05) is 25.5 Å². The maximum Gasteiger partial charge on any atom is 0.338 e. The monoisotopic (exact) mass is 480 g/mol. The fraction of sp³-hybridized carbons (Fsp3) is 0.429. The first kappa shape index (κ1) is 26.3. The summed E-state index contributed by atoms with van der Waals surface area (Å²) in [4.78, 5) is 24.5. The van der Waals surface area contributed by atoms with E-state index in [1.807, 2.05) is 0 Å². The number of unbranched alkanes of at least 4 members (excludes halogenated alkanes) is 1. The molecule has 1 fully saturated rings. The minimum absolute atomic E-state index is 0.0643. The third-order valence-corrected chi connectivity index (χ3v) is 6.09. The van der Waals surface area contributed by atoms with Crippen LogP contribution < -0.4 is 11.5 Å². The Bertz CT molecular complexity index is 995. The molecule has 0 aliphatic heterocycles. The molecule has 0 saturated heterocycles. The molecule has 2 aromatic rings. The molecule has 0 aromatic heterocycles. The van der Waals surface area contributed by atoms with Crippen LogP contribution in [0.15, 0.2) is 48.5 Å². The first-order valence-electron chi connectivity index (χ1n) is 12.4. The molecule has 1 aliphatic carbocycles. The van der Waals surface area contributed by atoms with Crippen LogP contribution in [0, 0.1) is 0 Å². The summed E-state index contributed by atoms with van der Waals surface area (Å²) in [5.41, 5.74) is 15.0. The number of rotatable bonds is 11. The maximum atomic E-state index is 12.5. The van der Waals surface area contributed by atoms with Gasteiger partial charge in [-0.2, -0.15) is 0 Å². The number of anilines is 2. The summed E-state index contributed by atoms with van der Waals surface area (Å²) < 4.78 is 16.8. The van der Waals surface area contributed by atoms with Crippen LogP contribution in [0.1, 0.15) is 66.9 Å². The third kappa shape index (κ3) is 8.76. The van der Waals surface area contributed by atoms with E-state index in [0.717, 1.165) is 56.3 Å². The highest BCUT2D eigenvalue weighted by molar-refractivity contribution is 5.90. The van der Waals surface area contributed by atoms with Crippen molar-refractivity contribution >= 4 is 29.4 Å². The van der Waals surface area contributed by atoms with E-state index in [9.17, 15) is 9.59 Å². The number of hydrogen-bond acceptors (Lipinski definition) is 7. The largest absolute Gasteiger partial charge is 0.462 e. The zero-order valence-electron chi connectivity index (χ0n) is 20.4. The molecule has 0 bridgehead atoms. The van der Waals surface area contributed by atoms with E-state index in [2.05, 4.69) is 6.92 Å². The molecule has 0 radical (unpaired) electrons. The molecular weight excluding hydrogens is 444 g/mol. The quantitative estimate of drug-likeness (QED) is 0.203. The van der Waals surface area contributed by atoms with Crippen molar-refractivity contribution in [3.05, 3.63) is 65.2 Å². The topological polar surface area (TPSA) is 114 Å². The van der Waals surface area contributed by atoms with Gasteiger partial charge in [0.2, 0.25) is 0 Å². The van der Waals surface area contributed by atoms with Crippen LogP contribution in [0.4, 0.5) is 11.4 Å². The van der Waals surface area contributed by atoms with E-state index in [4.69, 9.17) is 25.7 Å². The van der Waals surface area contributed by atoms with Crippen LogP contribution in [0.2, 0.25) is 0 Å². The highest BCUT2D eigenvalue weighted by atomic mass is 16.5. The fourth-order valence-electron chi connectivity index (χ4n) is 3.98. The number of esters is 2. The average molecular weight is 481 g/mol. The molecular formula is C28H36N2O5. The first-order valence-corrected chi connectivity index (χ1v) is 12.4. The van der Waals surface area contributed by atoms with E-state index < -0.39 is 5.97 Å². The molecule has 2 aromatic carbocycles. The predicted octanol–water partition coefficient (Wildman–Crippen LogP) is 4.93. The van der Waals surface area contributed by atoms with E-state index >= 15 is 0 Å². The molecule has 0 amide bonds. The Morgan fingerprint density at radius 2 is 1.69 bits per heavy atom. The van der Waals surface area contributed by atoms with Gasteiger partial charge < -0.3 is 25.7 Å². The molecule has 3 rings (SSSR count). The molecule has 7 heteroatoms. The van der Waals surface area contributed by atoms with Crippen molar-refractivity contribution in [1.29, 1.82) is 0 Å². The van der Waals surface area contributed by atoms with Gasteiger partial charge in [0.1, 0.15) is 6.10 Å². The van der Waals surface area contributed by atoms with Crippen LogP contribution in [0.25, 0.3) is 6.08 Å². The lowest BCUT2D eigenvalue weighted by molar-refractivity contribution is -0.137. The second kappa shape index (κ2) is 13.5. The molecule has 4 N–H and O–H groups in total. The van der Waals surface area contributed by atoms with E-state index in [1.54, 1.807) is 48.5 Å². The Labute approximate surface area is 207 Å². The molecule has 1 aliphatic rings. The normalized spacial score (nSPS) is 17.9. The number of hydrogen-bond donors (Lipinski definition) is 2. The lowest BCUT2D eigenvalue weighted by atomic mass is 9.95. The van der Waals surface area contributed by atoms with Crippen molar-refractivity contribution in [1.82, 2.24) is 0 Å². The Morgan fingerprint density at radius 1 is 0.971 bits per heavy atom. The molecule has 0 spiro atoms. The van der Waals surface area contributed by atoms with Crippen LogP contribution in [0.3, 0.4) is 0 Å². The Kier molecular flexibility index (Phi) is 10.2. The van der Waals surface area contributed by atoms with Crippen molar-refractivity contribution in [2.75, 3.05) is 24.7 Å². The van der Waals surface area contributed by atoms with E-state index in [0.29, 0.717) is 23.4 Å². The summed E-state index contributed by atoms with van der Waals surface area (Å²) >= 11 is 0. The number of benzene rings is 2. The molecule has 0 heterocycles. The molecule has 0 unspecified atom stereocenters. The number of carbonyl (C=O) groups is 2. The van der Waals surface area contributed by atoms with Crippen molar-refractivity contribution in [2.45, 2.75) is 64.1 Å². The van der Waals surface area contributed by atoms with Gasteiger partial charge in [0.05, 0.1) is 18.3 Å². The molecule has 1 saturated carbocycles. The van der Waals surface area contributed by atoms with Gasteiger partial charge in [0.15, 0.2) is 0 Å².